The number of nitrogens with one attached hydrogen (secondary N) is 3. The first-order chi connectivity index (χ1) is 23.1. The first kappa shape index (κ1) is 34.1. The molecule has 1 aromatic heterocycles. The van der Waals surface area contributed by atoms with Crippen LogP contribution in [0.15, 0.2) is 89.5 Å². The van der Waals surface area contributed by atoms with Crippen LogP contribution in [0.5, 0.6) is 0 Å². The number of thioether (sulfide) groups is 1. The highest BCUT2D eigenvalue weighted by Gasteiger charge is 2.28. The van der Waals surface area contributed by atoms with Gasteiger partial charge < -0.3 is 20.7 Å². The lowest BCUT2D eigenvalue weighted by atomic mass is 9.95. The molecule has 1 unspecified atom stereocenters. The molecule has 0 bridgehead atoms. The first-order valence-electron chi connectivity index (χ1n) is 15.1. The lowest BCUT2D eigenvalue weighted by Crippen LogP contribution is -2.30. The number of fused-ring (bicyclic) bond motifs is 1. The number of rotatable bonds is 11. The first-order valence-corrected chi connectivity index (χ1v) is 16.8. The SMILES string of the molecule is COC(=O)c1c(NC(=O)C(C)Sc2cccc(NC(=O)/C(=C\c3ccc([N+](=O)[O-])cc3)NC(=O)c3ccccc3)c2)sc2c1CCCC2. The molecule has 1 aliphatic rings. The van der Waals surface area contributed by atoms with Crippen LogP contribution in [0.1, 0.15) is 56.5 Å². The molecular formula is C35H32N4O7S2. The summed E-state index contributed by atoms with van der Waals surface area (Å²) in [5.41, 5.74) is 2.42. The summed E-state index contributed by atoms with van der Waals surface area (Å²) in [7, 11) is 1.33. The highest BCUT2D eigenvalue weighted by Crippen LogP contribution is 2.39. The van der Waals surface area contributed by atoms with Crippen LogP contribution in [0, 0.1) is 10.1 Å². The number of hydrogen-bond acceptors (Lipinski definition) is 9. The molecule has 246 valence electrons. The minimum absolute atomic E-state index is 0.0800. The number of nitro benzene ring substituents is 1. The van der Waals surface area contributed by atoms with Crippen LogP contribution < -0.4 is 16.0 Å². The molecule has 4 aromatic rings. The van der Waals surface area contributed by atoms with Crippen molar-refractivity contribution in [3.05, 3.63) is 122 Å². The minimum atomic E-state index is -0.623. The summed E-state index contributed by atoms with van der Waals surface area (Å²) in [4.78, 5) is 64.7. The maximum absolute atomic E-state index is 13.5. The Kier molecular flexibility index (Phi) is 11.0. The molecule has 0 fully saturated rings. The minimum Gasteiger partial charge on any atom is -0.465 e. The Balaban J connectivity index is 1.30. The topological polar surface area (TPSA) is 157 Å². The van der Waals surface area contributed by atoms with Crippen LogP contribution in [0.25, 0.3) is 6.08 Å². The molecule has 0 aliphatic heterocycles. The lowest BCUT2D eigenvalue weighted by molar-refractivity contribution is -0.384. The third-order valence-electron chi connectivity index (χ3n) is 7.52. The van der Waals surface area contributed by atoms with Crippen LogP contribution >= 0.6 is 23.1 Å². The van der Waals surface area contributed by atoms with E-state index in [2.05, 4.69) is 16.0 Å². The van der Waals surface area contributed by atoms with Crippen LogP contribution in [-0.4, -0.2) is 41.0 Å². The molecule has 11 nitrogen and oxygen atoms in total. The lowest BCUT2D eigenvalue weighted by Gasteiger charge is -2.14. The number of methoxy groups -OCH3 is 1. The summed E-state index contributed by atoms with van der Waals surface area (Å²) in [6.07, 6.45) is 5.08. The summed E-state index contributed by atoms with van der Waals surface area (Å²) in [5, 5.41) is 19.4. The molecule has 0 saturated heterocycles. The van der Waals surface area contributed by atoms with Crippen LogP contribution in [0.4, 0.5) is 16.4 Å². The van der Waals surface area contributed by atoms with Crippen LogP contribution in [0.2, 0.25) is 0 Å². The zero-order valence-corrected chi connectivity index (χ0v) is 27.7. The highest BCUT2D eigenvalue weighted by atomic mass is 32.2. The Bertz CT molecular complexity index is 1890. The molecule has 1 atom stereocenters. The average Bonchev–Trinajstić information content (AvgIpc) is 3.46. The number of nitro groups is 1. The van der Waals surface area contributed by atoms with E-state index in [9.17, 15) is 29.3 Å². The van der Waals surface area contributed by atoms with Gasteiger partial charge >= 0.3 is 5.97 Å². The van der Waals surface area contributed by atoms with Gasteiger partial charge in [0.05, 0.1) is 22.8 Å². The molecule has 1 heterocycles. The zero-order chi connectivity index (χ0) is 34.2. The van der Waals surface area contributed by atoms with Crippen LogP contribution in [0.3, 0.4) is 0 Å². The molecule has 13 heteroatoms. The van der Waals surface area contributed by atoms with E-state index in [0.717, 1.165) is 36.1 Å². The molecule has 0 radical (unpaired) electrons. The number of esters is 1. The Morgan fingerprint density at radius 3 is 2.40 bits per heavy atom. The molecule has 1 aliphatic carbocycles. The number of nitrogens with zero attached hydrogens (tertiary/aromatic N) is 1. The largest absolute Gasteiger partial charge is 0.465 e. The Hall–Kier alpha value is -5.27. The second-order valence-corrected chi connectivity index (χ2v) is 13.4. The number of amides is 3. The number of non-ortho nitro benzene ring substituents is 1. The Labute approximate surface area is 284 Å². The second kappa shape index (κ2) is 15.5. The van der Waals surface area contributed by atoms with Gasteiger partial charge in [-0.25, -0.2) is 4.79 Å². The van der Waals surface area contributed by atoms with E-state index in [1.165, 1.54) is 60.5 Å². The van der Waals surface area contributed by atoms with Crippen molar-refractivity contribution in [3.8, 4) is 0 Å². The molecule has 5 rings (SSSR count). The van der Waals surface area contributed by atoms with Crippen molar-refractivity contribution >= 4 is 69.2 Å². The van der Waals surface area contributed by atoms with E-state index in [4.69, 9.17) is 4.74 Å². The van der Waals surface area contributed by atoms with Gasteiger partial charge in [-0.1, -0.05) is 24.3 Å². The zero-order valence-electron chi connectivity index (χ0n) is 26.1. The van der Waals surface area contributed by atoms with E-state index in [-0.39, 0.29) is 17.3 Å². The van der Waals surface area contributed by atoms with Crippen molar-refractivity contribution in [2.75, 3.05) is 17.7 Å². The van der Waals surface area contributed by atoms with Gasteiger partial charge in [0.25, 0.3) is 17.5 Å². The fourth-order valence-electron chi connectivity index (χ4n) is 5.09. The number of anilines is 2. The molecule has 3 aromatic carbocycles. The van der Waals surface area contributed by atoms with E-state index in [0.29, 0.717) is 32.3 Å². The molecule has 48 heavy (non-hydrogen) atoms. The van der Waals surface area contributed by atoms with Gasteiger partial charge in [0.2, 0.25) is 5.91 Å². The van der Waals surface area contributed by atoms with E-state index >= 15 is 0 Å². The van der Waals surface area contributed by atoms with Crippen molar-refractivity contribution < 1.29 is 28.8 Å². The van der Waals surface area contributed by atoms with Gasteiger partial charge in [-0.05, 0) is 92.3 Å². The summed E-state index contributed by atoms with van der Waals surface area (Å²) in [5.74, 6) is -1.88. The third kappa shape index (κ3) is 8.35. The van der Waals surface area contributed by atoms with Crippen molar-refractivity contribution in [1.29, 1.82) is 0 Å². The maximum atomic E-state index is 13.5. The number of carbonyl (C=O) groups excluding carboxylic acids is 4. The van der Waals surface area contributed by atoms with Crippen molar-refractivity contribution in [3.63, 3.8) is 0 Å². The number of hydrogen-bond donors (Lipinski definition) is 3. The molecule has 3 amide bonds. The average molecular weight is 685 g/mol. The fourth-order valence-corrected chi connectivity index (χ4v) is 7.30. The monoisotopic (exact) mass is 684 g/mol. The highest BCUT2D eigenvalue weighted by molar-refractivity contribution is 8.00. The van der Waals surface area contributed by atoms with Crippen molar-refractivity contribution in [1.82, 2.24) is 5.32 Å². The summed E-state index contributed by atoms with van der Waals surface area (Å²) >= 11 is 2.70. The van der Waals surface area contributed by atoms with E-state index in [1.807, 2.05) is 0 Å². The van der Waals surface area contributed by atoms with Crippen molar-refractivity contribution in [2.45, 2.75) is 42.8 Å². The fraction of sp³-hybridized carbons (Fsp3) is 0.200. The van der Waals surface area contributed by atoms with Gasteiger partial charge in [0.15, 0.2) is 0 Å². The summed E-state index contributed by atoms with van der Waals surface area (Å²) < 4.78 is 5.02. The number of ether oxygens (including phenoxy) is 1. The van der Waals surface area contributed by atoms with E-state index < -0.39 is 28.0 Å². The quantitative estimate of drug-likeness (QED) is 0.0509. The molecule has 0 spiro atoms. The Morgan fingerprint density at radius 2 is 1.69 bits per heavy atom. The predicted molar refractivity (Wildman–Crippen MR) is 186 cm³/mol. The number of aryl methyl sites for hydroxylation is 1. The smallest absolute Gasteiger partial charge is 0.341 e. The second-order valence-electron chi connectivity index (χ2n) is 10.9. The number of carbonyl (C=O) groups is 4. The predicted octanol–water partition coefficient (Wildman–Crippen LogP) is 6.85. The third-order valence-corrected chi connectivity index (χ3v) is 9.82. The van der Waals surface area contributed by atoms with Gasteiger partial charge in [0, 0.05) is 33.2 Å². The molecule has 0 saturated carbocycles. The standard InChI is InChI=1S/C35H32N4O7S2/c1-21(31(40)38-34-30(35(43)46-2)27-13-6-7-14-29(27)48-34)47-26-12-8-11-24(20-26)36-33(42)28(37-32(41)23-9-4-3-5-10-23)19-22-15-17-25(18-16-22)39(44)45/h3-5,8-12,15-21H,6-7,13-14H2,1-2H3,(H,36,42)(H,37,41)(H,38,40)/b28-19+. The maximum Gasteiger partial charge on any atom is 0.341 e. The van der Waals surface area contributed by atoms with Gasteiger partial charge in [0.1, 0.15) is 10.7 Å². The molecular weight excluding hydrogens is 653 g/mol. The summed E-state index contributed by atoms with van der Waals surface area (Å²) in [6.45, 7) is 1.75. The number of thiophene rings is 1. The number of benzene rings is 3. The van der Waals surface area contributed by atoms with Crippen molar-refractivity contribution in [2.24, 2.45) is 0 Å². The van der Waals surface area contributed by atoms with Gasteiger partial charge in [-0.15, -0.1) is 23.1 Å². The Morgan fingerprint density at radius 1 is 0.958 bits per heavy atom. The van der Waals surface area contributed by atoms with Crippen LogP contribution in [-0.2, 0) is 27.2 Å². The normalized spacial score (nSPS) is 13.1. The van der Waals surface area contributed by atoms with E-state index in [1.54, 1.807) is 61.5 Å². The summed E-state index contributed by atoms with van der Waals surface area (Å²) in [6, 6.07) is 20.9. The van der Waals surface area contributed by atoms with Gasteiger partial charge in [-0.3, -0.25) is 24.5 Å². The van der Waals surface area contributed by atoms with Gasteiger partial charge in [-0.2, -0.15) is 0 Å². The molecule has 3 N–H and O–H groups in total.